The molecule has 0 bridgehead atoms. The summed E-state index contributed by atoms with van der Waals surface area (Å²) in [5.41, 5.74) is 6.54. The van der Waals surface area contributed by atoms with E-state index in [-0.39, 0.29) is 0 Å². The number of nitrogens with one attached hydrogen (secondary N) is 1. The van der Waals surface area contributed by atoms with Crippen molar-refractivity contribution < 1.29 is 0 Å². The van der Waals surface area contributed by atoms with Gasteiger partial charge in [-0.15, -0.1) is 0 Å². The summed E-state index contributed by atoms with van der Waals surface area (Å²) >= 11 is 2.06. The van der Waals surface area contributed by atoms with Gasteiger partial charge in [0, 0.05) is 25.0 Å². The summed E-state index contributed by atoms with van der Waals surface area (Å²) < 4.78 is 1.74. The molecule has 3 N–H and O–H groups in total. The molecule has 1 aromatic heterocycles. The Morgan fingerprint density at radius 2 is 2.53 bits per heavy atom. The number of rotatable bonds is 3. The Labute approximate surface area is 94.6 Å². The number of hydrogen-bond acceptors (Lipinski definition) is 4. The number of aryl methyl sites for hydroxylation is 1. The predicted molar refractivity (Wildman–Crippen MR) is 66.2 cm³/mol. The Bertz CT molecular complexity index is 317. The van der Waals surface area contributed by atoms with E-state index >= 15 is 0 Å². The quantitative estimate of drug-likeness (QED) is 0.823. The molecule has 0 aromatic carbocycles. The number of nitrogens with two attached hydrogens (primary N) is 1. The van der Waals surface area contributed by atoms with Gasteiger partial charge in [-0.05, 0) is 18.6 Å². The molecular formula is C10H18N4S. The van der Waals surface area contributed by atoms with Crippen LogP contribution in [0.25, 0.3) is 0 Å². The Balaban J connectivity index is 1.84. The number of hydrogen-bond donors (Lipinski definition) is 2. The maximum atomic E-state index is 5.80. The number of thioether (sulfide) groups is 1. The third-order valence-corrected chi connectivity index (χ3v) is 4.03. The van der Waals surface area contributed by atoms with Crippen LogP contribution in [-0.2, 0) is 7.05 Å². The van der Waals surface area contributed by atoms with Crippen molar-refractivity contribution in [3.8, 4) is 0 Å². The highest BCUT2D eigenvalue weighted by Crippen LogP contribution is 2.25. The van der Waals surface area contributed by atoms with Crippen LogP contribution in [0.5, 0.6) is 0 Å². The molecule has 84 valence electrons. The van der Waals surface area contributed by atoms with Crippen LogP contribution in [0.3, 0.4) is 0 Å². The van der Waals surface area contributed by atoms with Crippen molar-refractivity contribution in [1.82, 2.24) is 9.78 Å². The van der Waals surface area contributed by atoms with Crippen molar-refractivity contribution in [1.29, 1.82) is 0 Å². The van der Waals surface area contributed by atoms with Crippen molar-refractivity contribution in [3.63, 3.8) is 0 Å². The van der Waals surface area contributed by atoms with Crippen LogP contribution in [-0.4, -0.2) is 27.3 Å². The van der Waals surface area contributed by atoms with Crippen LogP contribution >= 0.6 is 11.8 Å². The first-order valence-corrected chi connectivity index (χ1v) is 6.45. The lowest BCUT2D eigenvalue weighted by molar-refractivity contribution is 0.675. The highest BCUT2D eigenvalue weighted by Gasteiger charge is 2.14. The Hall–Kier alpha value is -0.840. The maximum absolute atomic E-state index is 5.80. The van der Waals surface area contributed by atoms with E-state index in [1.165, 1.54) is 25.0 Å². The first-order valence-electron chi connectivity index (χ1n) is 5.40. The number of nitrogen functional groups attached to an aromatic ring is 1. The van der Waals surface area contributed by atoms with Crippen LogP contribution in [0.4, 0.5) is 11.5 Å². The lowest BCUT2D eigenvalue weighted by atomic mass is 10.2. The molecule has 0 amide bonds. The van der Waals surface area contributed by atoms with E-state index in [4.69, 9.17) is 5.73 Å². The molecule has 1 aliphatic heterocycles. The second kappa shape index (κ2) is 4.79. The zero-order valence-corrected chi connectivity index (χ0v) is 9.89. The summed E-state index contributed by atoms with van der Waals surface area (Å²) in [4.78, 5) is 0. The van der Waals surface area contributed by atoms with E-state index in [1.807, 2.05) is 13.2 Å². The molecule has 0 aliphatic carbocycles. The van der Waals surface area contributed by atoms with Gasteiger partial charge >= 0.3 is 0 Å². The molecule has 0 radical (unpaired) electrons. The van der Waals surface area contributed by atoms with Crippen molar-refractivity contribution in [2.24, 2.45) is 7.05 Å². The van der Waals surface area contributed by atoms with Gasteiger partial charge in [0.15, 0.2) is 5.82 Å². The molecule has 5 heteroatoms. The van der Waals surface area contributed by atoms with Gasteiger partial charge in [-0.3, -0.25) is 4.68 Å². The Kier molecular flexibility index (Phi) is 3.41. The average Bonchev–Trinajstić information content (AvgIpc) is 2.56. The zero-order chi connectivity index (χ0) is 10.7. The molecule has 1 saturated heterocycles. The lowest BCUT2D eigenvalue weighted by Gasteiger charge is -2.21. The molecule has 1 aliphatic rings. The number of aromatic nitrogens is 2. The molecule has 2 rings (SSSR count). The Morgan fingerprint density at radius 3 is 3.13 bits per heavy atom. The fourth-order valence-electron chi connectivity index (χ4n) is 1.82. The van der Waals surface area contributed by atoms with Crippen molar-refractivity contribution in [2.75, 3.05) is 23.3 Å². The van der Waals surface area contributed by atoms with Gasteiger partial charge in [0.25, 0.3) is 0 Å². The SMILES string of the molecule is Cn1cc(N)c(NCC2CCCCS2)n1. The molecule has 1 fully saturated rings. The zero-order valence-electron chi connectivity index (χ0n) is 9.07. The fraction of sp³-hybridized carbons (Fsp3) is 0.700. The van der Waals surface area contributed by atoms with Crippen molar-refractivity contribution in [2.45, 2.75) is 24.5 Å². The van der Waals surface area contributed by atoms with E-state index < -0.39 is 0 Å². The van der Waals surface area contributed by atoms with Crippen molar-refractivity contribution >= 4 is 23.3 Å². The highest BCUT2D eigenvalue weighted by molar-refractivity contribution is 7.99. The number of nitrogens with zero attached hydrogens (tertiary/aromatic N) is 2. The van der Waals surface area contributed by atoms with Gasteiger partial charge in [0.05, 0.1) is 5.69 Å². The van der Waals surface area contributed by atoms with Gasteiger partial charge in [-0.1, -0.05) is 6.42 Å². The topological polar surface area (TPSA) is 55.9 Å². The van der Waals surface area contributed by atoms with Crippen LogP contribution in [0.15, 0.2) is 6.20 Å². The largest absolute Gasteiger partial charge is 0.394 e. The molecule has 0 spiro atoms. The standard InChI is InChI=1S/C10H18N4S/c1-14-7-9(11)10(13-14)12-6-8-4-2-3-5-15-8/h7-8H,2-6,11H2,1H3,(H,12,13). The van der Waals surface area contributed by atoms with E-state index in [9.17, 15) is 0 Å². The summed E-state index contributed by atoms with van der Waals surface area (Å²) in [6.45, 7) is 0.978. The maximum Gasteiger partial charge on any atom is 0.171 e. The van der Waals surface area contributed by atoms with Crippen LogP contribution in [0.2, 0.25) is 0 Å². The van der Waals surface area contributed by atoms with E-state index in [1.54, 1.807) is 4.68 Å². The van der Waals surface area contributed by atoms with Crippen LogP contribution < -0.4 is 11.1 Å². The van der Waals surface area contributed by atoms with E-state index in [0.717, 1.165) is 23.3 Å². The molecule has 0 saturated carbocycles. The average molecular weight is 226 g/mol. The van der Waals surface area contributed by atoms with Gasteiger partial charge in [-0.2, -0.15) is 16.9 Å². The second-order valence-corrected chi connectivity index (χ2v) is 5.38. The molecule has 15 heavy (non-hydrogen) atoms. The van der Waals surface area contributed by atoms with Gasteiger partial charge in [0.1, 0.15) is 0 Å². The van der Waals surface area contributed by atoms with Gasteiger partial charge in [0.2, 0.25) is 0 Å². The predicted octanol–water partition coefficient (Wildman–Crippen LogP) is 1.70. The van der Waals surface area contributed by atoms with E-state index in [0.29, 0.717) is 0 Å². The fourth-order valence-corrected chi connectivity index (χ4v) is 3.06. The monoisotopic (exact) mass is 226 g/mol. The minimum Gasteiger partial charge on any atom is -0.394 e. The normalized spacial score (nSPS) is 21.5. The van der Waals surface area contributed by atoms with E-state index in [2.05, 4.69) is 22.2 Å². The third kappa shape index (κ3) is 2.81. The number of anilines is 2. The molecule has 1 atom stereocenters. The first kappa shape index (κ1) is 10.7. The van der Waals surface area contributed by atoms with Gasteiger partial charge in [-0.25, -0.2) is 0 Å². The summed E-state index contributed by atoms with van der Waals surface area (Å²) in [5.74, 6) is 2.12. The highest BCUT2D eigenvalue weighted by atomic mass is 32.2. The summed E-state index contributed by atoms with van der Waals surface area (Å²) in [5, 5.41) is 8.31. The van der Waals surface area contributed by atoms with Crippen molar-refractivity contribution in [3.05, 3.63) is 6.20 Å². The second-order valence-electron chi connectivity index (χ2n) is 3.98. The van der Waals surface area contributed by atoms with Gasteiger partial charge < -0.3 is 11.1 Å². The minimum absolute atomic E-state index is 0.722. The van der Waals surface area contributed by atoms with Crippen LogP contribution in [0, 0.1) is 0 Å². The van der Waals surface area contributed by atoms with Crippen LogP contribution in [0.1, 0.15) is 19.3 Å². The summed E-state index contributed by atoms with van der Waals surface area (Å²) in [7, 11) is 1.89. The molecule has 2 heterocycles. The minimum atomic E-state index is 0.722. The Morgan fingerprint density at radius 1 is 1.67 bits per heavy atom. The molecular weight excluding hydrogens is 208 g/mol. The first-order chi connectivity index (χ1) is 7.25. The smallest absolute Gasteiger partial charge is 0.171 e. The third-order valence-electron chi connectivity index (χ3n) is 2.63. The molecule has 1 aromatic rings. The molecule has 4 nitrogen and oxygen atoms in total. The summed E-state index contributed by atoms with van der Waals surface area (Å²) in [6, 6.07) is 0. The molecule has 1 unspecified atom stereocenters. The lowest BCUT2D eigenvalue weighted by Crippen LogP contribution is -2.20. The summed E-state index contributed by atoms with van der Waals surface area (Å²) in [6.07, 6.45) is 5.87.